The van der Waals surface area contributed by atoms with E-state index in [4.69, 9.17) is 14.9 Å². The van der Waals surface area contributed by atoms with Gasteiger partial charge >= 0.3 is 5.97 Å². The third kappa shape index (κ3) is 6.39. The predicted octanol–water partition coefficient (Wildman–Crippen LogP) is 5.10. The normalized spacial score (nSPS) is 17.9. The highest BCUT2D eigenvalue weighted by molar-refractivity contribution is 8.14. The summed E-state index contributed by atoms with van der Waals surface area (Å²) in [6.07, 6.45) is 1.96. The lowest BCUT2D eigenvalue weighted by molar-refractivity contribution is -0.148. The van der Waals surface area contributed by atoms with E-state index in [1.54, 1.807) is 24.8 Å². The Morgan fingerprint density at radius 1 is 1.11 bits per heavy atom. The molecule has 35 heavy (non-hydrogen) atoms. The zero-order valence-corrected chi connectivity index (χ0v) is 21.3. The summed E-state index contributed by atoms with van der Waals surface area (Å²) in [5, 5.41) is 0. The van der Waals surface area contributed by atoms with E-state index in [9.17, 15) is 9.59 Å². The average Bonchev–Trinajstić information content (AvgIpc) is 3.40. The molecule has 1 aliphatic heterocycles. The molecule has 0 spiro atoms. The lowest BCUT2D eigenvalue weighted by atomic mass is 10.0. The number of rotatable bonds is 8. The van der Waals surface area contributed by atoms with Gasteiger partial charge < -0.3 is 19.8 Å². The van der Waals surface area contributed by atoms with Gasteiger partial charge in [0.2, 0.25) is 0 Å². The maximum Gasteiger partial charge on any atom is 0.323 e. The molecule has 0 bridgehead atoms. The molecule has 0 aliphatic carbocycles. The number of thiol groups is 1. The van der Waals surface area contributed by atoms with E-state index in [1.165, 1.54) is 11.8 Å². The molecule has 2 atom stereocenters. The monoisotopic (exact) mass is 508 g/mol. The van der Waals surface area contributed by atoms with E-state index >= 15 is 0 Å². The molecule has 182 valence electrons. The van der Waals surface area contributed by atoms with Crippen molar-refractivity contribution >= 4 is 42.3 Å². The Morgan fingerprint density at radius 2 is 1.83 bits per heavy atom. The highest BCUT2D eigenvalue weighted by atomic mass is 32.2. The first kappa shape index (κ1) is 25.2. The van der Waals surface area contributed by atoms with Gasteiger partial charge in [-0.3, -0.25) is 9.59 Å². The van der Waals surface area contributed by atoms with Crippen LogP contribution in [0, 0.1) is 0 Å². The molecule has 2 heterocycles. The van der Waals surface area contributed by atoms with E-state index in [1.807, 2.05) is 66.7 Å². The number of benzene rings is 2. The number of nitrogens with two attached hydrogens (primary N) is 1. The Hall–Kier alpha value is -2.94. The lowest BCUT2D eigenvalue weighted by Crippen LogP contribution is -2.35. The number of hydrogen-bond donors (Lipinski definition) is 2. The molecule has 1 aromatic heterocycles. The van der Waals surface area contributed by atoms with Crippen LogP contribution in [0.1, 0.15) is 30.7 Å². The first-order valence-corrected chi connectivity index (χ1v) is 12.8. The Balaban J connectivity index is 1.41. The number of carbonyl (C=O) groups excluding carboxylic acids is 2. The molecule has 1 amide bonds. The van der Waals surface area contributed by atoms with Crippen molar-refractivity contribution in [1.82, 2.24) is 4.90 Å². The fourth-order valence-electron chi connectivity index (χ4n) is 3.67. The van der Waals surface area contributed by atoms with Crippen LogP contribution < -0.4 is 5.73 Å². The number of hydrogen-bond acceptors (Lipinski definition) is 7. The maximum absolute atomic E-state index is 12.9. The van der Waals surface area contributed by atoms with Crippen molar-refractivity contribution in [2.24, 2.45) is 5.73 Å². The molecule has 2 N–H and O–H groups in total. The zero-order chi connectivity index (χ0) is 24.9. The third-order valence-corrected chi connectivity index (χ3v) is 7.02. The van der Waals surface area contributed by atoms with E-state index < -0.39 is 12.0 Å². The van der Waals surface area contributed by atoms with Crippen LogP contribution in [0.3, 0.4) is 0 Å². The van der Waals surface area contributed by atoms with Gasteiger partial charge in [-0.25, -0.2) is 0 Å². The minimum Gasteiger partial charge on any atom is -0.462 e. The second-order valence-corrected chi connectivity index (χ2v) is 10.5. The van der Waals surface area contributed by atoms with Crippen molar-refractivity contribution in [3.8, 4) is 11.3 Å². The van der Waals surface area contributed by atoms with E-state index in [-0.39, 0.29) is 16.7 Å². The summed E-state index contributed by atoms with van der Waals surface area (Å²) in [5.41, 5.74) is 8.84. The largest absolute Gasteiger partial charge is 0.462 e. The SMILES string of the molecule is CC(C)OC(=O)[C@H](N)Cc1ccc(-c2ccc(/C=C3\S[C@@H](S)N(Cc4ccccc4)C3=O)o2)cc1. The van der Waals surface area contributed by atoms with E-state index in [2.05, 4.69) is 12.6 Å². The van der Waals surface area contributed by atoms with E-state index in [0.717, 1.165) is 16.7 Å². The minimum atomic E-state index is -0.705. The zero-order valence-electron chi connectivity index (χ0n) is 19.6. The summed E-state index contributed by atoms with van der Waals surface area (Å²) in [4.78, 5) is 27.2. The number of amides is 1. The highest BCUT2D eigenvalue weighted by Crippen LogP contribution is 2.39. The van der Waals surface area contributed by atoms with Gasteiger partial charge in [0.1, 0.15) is 22.3 Å². The molecule has 0 unspecified atom stereocenters. The van der Waals surface area contributed by atoms with Gasteiger partial charge in [-0.2, -0.15) is 0 Å². The second kappa shape index (κ2) is 11.2. The number of thioether (sulfide) groups is 1. The second-order valence-electron chi connectivity index (χ2n) is 8.57. The van der Waals surface area contributed by atoms with Crippen LogP contribution in [-0.2, 0) is 27.3 Å². The quantitative estimate of drug-likeness (QED) is 0.250. The molecule has 6 nitrogen and oxygen atoms in total. The molecular formula is C27H28N2O4S2. The van der Waals surface area contributed by atoms with Crippen LogP contribution in [0.5, 0.6) is 0 Å². The van der Waals surface area contributed by atoms with Crippen LogP contribution >= 0.6 is 24.4 Å². The molecule has 0 radical (unpaired) electrons. The summed E-state index contributed by atoms with van der Waals surface area (Å²) >= 11 is 5.99. The molecular weight excluding hydrogens is 480 g/mol. The van der Waals surface area contributed by atoms with Crippen LogP contribution in [-0.4, -0.2) is 33.6 Å². The summed E-state index contributed by atoms with van der Waals surface area (Å²) in [6.45, 7) is 4.10. The lowest BCUT2D eigenvalue weighted by Gasteiger charge is -2.19. The summed E-state index contributed by atoms with van der Waals surface area (Å²) < 4.78 is 10.9. The molecule has 8 heteroatoms. The Bertz CT molecular complexity index is 1210. The topological polar surface area (TPSA) is 85.8 Å². The number of ether oxygens (including phenoxy) is 1. The number of esters is 1. The van der Waals surface area contributed by atoms with Crippen LogP contribution in [0.15, 0.2) is 76.1 Å². The summed E-state index contributed by atoms with van der Waals surface area (Å²) in [5.74, 6) is 0.817. The Labute approximate surface area is 214 Å². The van der Waals surface area contributed by atoms with E-state index in [0.29, 0.717) is 29.4 Å². The van der Waals surface area contributed by atoms with Gasteiger partial charge in [-0.05, 0) is 43.5 Å². The van der Waals surface area contributed by atoms with Crippen molar-refractivity contribution in [2.45, 2.75) is 43.7 Å². The molecule has 0 saturated carbocycles. The first-order chi connectivity index (χ1) is 16.8. The van der Waals surface area contributed by atoms with Gasteiger partial charge in [0, 0.05) is 18.2 Å². The first-order valence-electron chi connectivity index (χ1n) is 11.4. The molecule has 1 saturated heterocycles. The molecule has 4 rings (SSSR count). The van der Waals surface area contributed by atoms with Crippen molar-refractivity contribution in [1.29, 1.82) is 0 Å². The summed E-state index contributed by atoms with van der Waals surface area (Å²) in [7, 11) is 0. The third-order valence-electron chi connectivity index (χ3n) is 5.42. The predicted molar refractivity (Wildman–Crippen MR) is 142 cm³/mol. The molecule has 3 aromatic rings. The van der Waals surface area contributed by atoms with Crippen molar-refractivity contribution < 1.29 is 18.7 Å². The average molecular weight is 509 g/mol. The fourth-order valence-corrected chi connectivity index (χ4v) is 5.13. The Morgan fingerprint density at radius 3 is 2.51 bits per heavy atom. The van der Waals surface area contributed by atoms with Crippen LogP contribution in [0.25, 0.3) is 17.4 Å². The fraction of sp³-hybridized carbons (Fsp3) is 0.259. The molecule has 1 fully saturated rings. The molecule has 1 aliphatic rings. The Kier molecular flexibility index (Phi) is 8.05. The van der Waals surface area contributed by atoms with Gasteiger partial charge in [0.15, 0.2) is 0 Å². The maximum atomic E-state index is 12.9. The molecule has 2 aromatic carbocycles. The number of carbonyl (C=O) groups is 2. The van der Waals surface area contributed by atoms with Gasteiger partial charge in [0.25, 0.3) is 5.91 Å². The van der Waals surface area contributed by atoms with Gasteiger partial charge in [0.05, 0.1) is 11.0 Å². The van der Waals surface area contributed by atoms with Crippen LogP contribution in [0.2, 0.25) is 0 Å². The van der Waals surface area contributed by atoms with Crippen molar-refractivity contribution in [3.63, 3.8) is 0 Å². The highest BCUT2D eigenvalue weighted by Gasteiger charge is 2.34. The van der Waals surface area contributed by atoms with Crippen molar-refractivity contribution in [2.75, 3.05) is 0 Å². The van der Waals surface area contributed by atoms with Gasteiger partial charge in [-0.1, -0.05) is 66.4 Å². The smallest absolute Gasteiger partial charge is 0.323 e. The summed E-state index contributed by atoms with van der Waals surface area (Å²) in [6, 6.07) is 20.6. The number of furan rings is 1. The van der Waals surface area contributed by atoms with Crippen molar-refractivity contribution in [3.05, 3.63) is 88.5 Å². The standard InChI is InChI=1S/C27H28N2O4S2/c1-17(2)32-26(31)22(28)14-18-8-10-20(11-9-18)23-13-12-21(33-23)15-24-25(30)29(27(34)35-24)16-19-6-4-3-5-7-19/h3-13,15,17,22,27,34H,14,16,28H2,1-2H3/b24-15-/t22-,27-/m1/s1. The number of nitrogens with zero attached hydrogens (tertiary/aromatic N) is 1. The minimum absolute atomic E-state index is 0.0616. The van der Waals surface area contributed by atoms with Gasteiger partial charge in [-0.15, -0.1) is 12.6 Å². The van der Waals surface area contributed by atoms with Crippen LogP contribution in [0.4, 0.5) is 0 Å².